The largest absolute Gasteiger partial charge is 0.479 e. The molecule has 1 unspecified atom stereocenters. The molecule has 0 radical (unpaired) electrons. The van der Waals surface area contributed by atoms with Crippen molar-refractivity contribution < 1.29 is 19.1 Å². The van der Waals surface area contributed by atoms with Gasteiger partial charge in [0.2, 0.25) is 0 Å². The lowest BCUT2D eigenvalue weighted by Gasteiger charge is -2.24. The van der Waals surface area contributed by atoms with Crippen LogP contribution in [-0.2, 0) is 14.3 Å². The van der Waals surface area contributed by atoms with Crippen molar-refractivity contribution in [1.82, 2.24) is 4.90 Å². The number of nitrogens with zero attached hydrogens (tertiary/aromatic N) is 1. The van der Waals surface area contributed by atoms with Crippen molar-refractivity contribution in [3.63, 3.8) is 0 Å². The molecule has 1 rings (SSSR count). The molecule has 0 spiro atoms. The Bertz CT molecular complexity index is 522. The topological polar surface area (TPSA) is 55.8 Å². The molecule has 1 aromatic carbocycles. The van der Waals surface area contributed by atoms with E-state index in [0.717, 1.165) is 0 Å². The third kappa shape index (κ3) is 5.10. The minimum atomic E-state index is -0.784. The molecule has 21 heavy (non-hydrogen) atoms. The molecular formula is C14H17Cl2NO4. The van der Waals surface area contributed by atoms with Crippen molar-refractivity contribution in [3.05, 3.63) is 28.2 Å². The zero-order valence-electron chi connectivity index (χ0n) is 12.1. The first-order valence-corrected chi connectivity index (χ1v) is 7.12. The van der Waals surface area contributed by atoms with Gasteiger partial charge in [-0.3, -0.25) is 9.59 Å². The summed E-state index contributed by atoms with van der Waals surface area (Å²) >= 11 is 11.8. The molecule has 0 aromatic heterocycles. The molecular weight excluding hydrogens is 317 g/mol. The normalized spacial score (nSPS) is 11.7. The molecule has 0 aliphatic heterocycles. The Hall–Kier alpha value is -1.46. The molecule has 0 bridgehead atoms. The van der Waals surface area contributed by atoms with Gasteiger partial charge in [-0.25, -0.2) is 0 Å². The van der Waals surface area contributed by atoms with Crippen LogP contribution in [-0.4, -0.2) is 43.1 Å². The SMILES string of the molecule is CCN(CC(=O)OC)C(=O)C(C)Oc1ccc(Cl)cc1Cl. The summed E-state index contributed by atoms with van der Waals surface area (Å²) in [5.41, 5.74) is 0. The summed E-state index contributed by atoms with van der Waals surface area (Å²) in [6.45, 7) is 3.61. The summed E-state index contributed by atoms with van der Waals surface area (Å²) in [6.07, 6.45) is -0.784. The van der Waals surface area contributed by atoms with Gasteiger partial charge >= 0.3 is 5.97 Å². The van der Waals surface area contributed by atoms with E-state index in [2.05, 4.69) is 4.74 Å². The van der Waals surface area contributed by atoms with Gasteiger partial charge in [-0.05, 0) is 32.0 Å². The molecule has 1 amide bonds. The van der Waals surface area contributed by atoms with Gasteiger partial charge in [0.1, 0.15) is 12.3 Å². The molecule has 116 valence electrons. The second-order valence-corrected chi connectivity index (χ2v) is 5.11. The number of likely N-dealkylation sites (N-methyl/N-ethyl adjacent to an activating group) is 1. The maximum atomic E-state index is 12.2. The van der Waals surface area contributed by atoms with Crippen LogP contribution in [0.4, 0.5) is 0 Å². The Morgan fingerprint density at radius 3 is 2.52 bits per heavy atom. The number of hydrogen-bond donors (Lipinski definition) is 0. The zero-order chi connectivity index (χ0) is 16.0. The van der Waals surface area contributed by atoms with E-state index in [4.69, 9.17) is 27.9 Å². The van der Waals surface area contributed by atoms with Gasteiger partial charge in [-0.1, -0.05) is 23.2 Å². The molecule has 0 heterocycles. The number of amides is 1. The smallest absolute Gasteiger partial charge is 0.325 e. The van der Waals surface area contributed by atoms with Crippen LogP contribution in [0.3, 0.4) is 0 Å². The highest BCUT2D eigenvalue weighted by atomic mass is 35.5. The van der Waals surface area contributed by atoms with Crippen LogP contribution >= 0.6 is 23.2 Å². The second kappa shape index (κ2) is 8.10. The molecule has 0 N–H and O–H groups in total. The lowest BCUT2D eigenvalue weighted by molar-refractivity contribution is -0.149. The van der Waals surface area contributed by atoms with Crippen LogP contribution in [0.1, 0.15) is 13.8 Å². The van der Waals surface area contributed by atoms with E-state index in [9.17, 15) is 9.59 Å². The number of carbonyl (C=O) groups excluding carboxylic acids is 2. The van der Waals surface area contributed by atoms with Crippen molar-refractivity contribution in [3.8, 4) is 5.75 Å². The van der Waals surface area contributed by atoms with Crippen molar-refractivity contribution >= 4 is 35.1 Å². The second-order valence-electron chi connectivity index (χ2n) is 4.26. The first-order valence-electron chi connectivity index (χ1n) is 6.36. The Balaban J connectivity index is 2.74. The number of benzene rings is 1. The Morgan fingerprint density at radius 1 is 1.33 bits per heavy atom. The highest BCUT2D eigenvalue weighted by Gasteiger charge is 2.23. The molecule has 1 aromatic rings. The molecule has 7 heteroatoms. The number of esters is 1. The van der Waals surface area contributed by atoms with Crippen molar-refractivity contribution in [1.29, 1.82) is 0 Å². The van der Waals surface area contributed by atoms with Crippen LogP contribution in [0.25, 0.3) is 0 Å². The minimum Gasteiger partial charge on any atom is -0.479 e. The predicted molar refractivity (Wildman–Crippen MR) is 80.8 cm³/mol. The fraction of sp³-hybridized carbons (Fsp3) is 0.429. The number of halogens is 2. The minimum absolute atomic E-state index is 0.117. The number of ether oxygens (including phenoxy) is 2. The maximum absolute atomic E-state index is 12.2. The van der Waals surface area contributed by atoms with Crippen LogP contribution in [0.2, 0.25) is 10.0 Å². The fourth-order valence-electron chi connectivity index (χ4n) is 1.63. The molecule has 0 aliphatic rings. The summed E-state index contributed by atoms with van der Waals surface area (Å²) in [5.74, 6) is -0.452. The van der Waals surface area contributed by atoms with Crippen LogP contribution < -0.4 is 4.74 Å². The lowest BCUT2D eigenvalue weighted by Crippen LogP contribution is -2.43. The van der Waals surface area contributed by atoms with E-state index in [-0.39, 0.29) is 12.5 Å². The van der Waals surface area contributed by atoms with Crippen molar-refractivity contribution in [2.75, 3.05) is 20.2 Å². The van der Waals surface area contributed by atoms with E-state index >= 15 is 0 Å². The predicted octanol–water partition coefficient (Wildman–Crippen LogP) is 2.78. The molecule has 1 atom stereocenters. The maximum Gasteiger partial charge on any atom is 0.325 e. The summed E-state index contributed by atoms with van der Waals surface area (Å²) in [6, 6.07) is 4.73. The van der Waals surface area contributed by atoms with Crippen molar-refractivity contribution in [2.24, 2.45) is 0 Å². The highest BCUT2D eigenvalue weighted by Crippen LogP contribution is 2.28. The van der Waals surface area contributed by atoms with Crippen LogP contribution in [0.5, 0.6) is 5.75 Å². The highest BCUT2D eigenvalue weighted by molar-refractivity contribution is 6.35. The third-order valence-corrected chi connectivity index (χ3v) is 3.32. The Kier molecular flexibility index (Phi) is 6.78. The average Bonchev–Trinajstić information content (AvgIpc) is 2.46. The van der Waals surface area contributed by atoms with Gasteiger partial charge in [0.05, 0.1) is 12.1 Å². The van der Waals surface area contributed by atoms with Crippen LogP contribution in [0.15, 0.2) is 18.2 Å². The fourth-order valence-corrected chi connectivity index (χ4v) is 2.09. The standard InChI is InChI=1S/C14H17Cl2NO4/c1-4-17(8-13(18)20-3)14(19)9(2)21-12-6-5-10(15)7-11(12)16/h5-7,9H,4,8H2,1-3H3. The first kappa shape index (κ1) is 17.6. The van der Waals surface area contributed by atoms with Crippen LogP contribution in [0, 0.1) is 0 Å². The Labute approximate surface area is 133 Å². The Morgan fingerprint density at radius 2 is 2.00 bits per heavy atom. The van der Waals surface area contributed by atoms with Crippen molar-refractivity contribution in [2.45, 2.75) is 20.0 Å². The number of methoxy groups -OCH3 is 1. The molecule has 0 fully saturated rings. The molecule has 0 saturated carbocycles. The number of rotatable bonds is 6. The lowest BCUT2D eigenvalue weighted by atomic mass is 10.3. The van der Waals surface area contributed by atoms with Gasteiger partial charge in [0, 0.05) is 11.6 Å². The summed E-state index contributed by atoms with van der Waals surface area (Å²) in [5, 5.41) is 0.797. The zero-order valence-corrected chi connectivity index (χ0v) is 13.6. The van der Waals surface area contributed by atoms with E-state index in [0.29, 0.717) is 22.3 Å². The van der Waals surface area contributed by atoms with Gasteiger partial charge < -0.3 is 14.4 Å². The molecule has 0 aliphatic carbocycles. The molecule has 0 saturated heterocycles. The van der Waals surface area contributed by atoms with Gasteiger partial charge in [0.25, 0.3) is 5.91 Å². The van der Waals surface area contributed by atoms with E-state index in [1.807, 2.05) is 0 Å². The van der Waals surface area contributed by atoms with Gasteiger partial charge in [0.15, 0.2) is 6.10 Å². The quantitative estimate of drug-likeness (QED) is 0.751. The number of hydrogen-bond acceptors (Lipinski definition) is 4. The monoisotopic (exact) mass is 333 g/mol. The molecule has 5 nitrogen and oxygen atoms in total. The van der Waals surface area contributed by atoms with E-state index in [1.165, 1.54) is 18.1 Å². The van der Waals surface area contributed by atoms with E-state index in [1.54, 1.807) is 26.0 Å². The number of carbonyl (C=O) groups is 2. The van der Waals surface area contributed by atoms with E-state index < -0.39 is 12.1 Å². The summed E-state index contributed by atoms with van der Waals surface area (Å²) in [7, 11) is 1.27. The van der Waals surface area contributed by atoms with Gasteiger partial charge in [-0.15, -0.1) is 0 Å². The van der Waals surface area contributed by atoms with Gasteiger partial charge in [-0.2, -0.15) is 0 Å². The average molecular weight is 334 g/mol. The third-order valence-electron chi connectivity index (χ3n) is 2.79. The first-order chi connectivity index (χ1) is 9.88. The summed E-state index contributed by atoms with van der Waals surface area (Å²) < 4.78 is 10.1. The summed E-state index contributed by atoms with van der Waals surface area (Å²) in [4.78, 5) is 24.8.